The number of carbonyl (C=O) groups excluding carboxylic acids is 1. The maximum atomic E-state index is 13.1. The third-order valence-corrected chi connectivity index (χ3v) is 3.54. The SMILES string of the molecule is COCCCNC(=O)c1cn2ccnc(-c3ccc(F)cc3)c2n1. The molecule has 1 amide bonds. The lowest BCUT2D eigenvalue weighted by molar-refractivity contribution is 0.0944. The molecule has 3 aromatic rings. The molecule has 2 aromatic heterocycles. The zero-order valence-corrected chi connectivity index (χ0v) is 13.2. The van der Waals surface area contributed by atoms with Crippen LogP contribution in [0.15, 0.2) is 42.9 Å². The summed E-state index contributed by atoms with van der Waals surface area (Å²) in [5.74, 6) is -0.565. The van der Waals surface area contributed by atoms with Crippen molar-refractivity contribution in [3.8, 4) is 11.3 Å². The van der Waals surface area contributed by atoms with E-state index in [2.05, 4.69) is 15.3 Å². The predicted molar refractivity (Wildman–Crippen MR) is 87.2 cm³/mol. The molecular weight excluding hydrogens is 311 g/mol. The Labute approximate surface area is 138 Å². The van der Waals surface area contributed by atoms with Gasteiger partial charge in [0.25, 0.3) is 5.91 Å². The Hall–Kier alpha value is -2.80. The number of carbonyl (C=O) groups is 1. The van der Waals surface area contributed by atoms with Crippen LogP contribution in [0, 0.1) is 5.82 Å². The van der Waals surface area contributed by atoms with E-state index < -0.39 is 0 Å². The molecule has 7 heteroatoms. The van der Waals surface area contributed by atoms with Crippen molar-refractivity contribution in [1.82, 2.24) is 19.7 Å². The van der Waals surface area contributed by atoms with Gasteiger partial charge in [0, 0.05) is 44.4 Å². The van der Waals surface area contributed by atoms with E-state index in [4.69, 9.17) is 4.74 Å². The molecule has 0 aliphatic heterocycles. The van der Waals surface area contributed by atoms with Crippen LogP contribution in [0.3, 0.4) is 0 Å². The van der Waals surface area contributed by atoms with E-state index in [0.29, 0.717) is 30.2 Å². The molecule has 0 aliphatic carbocycles. The van der Waals surface area contributed by atoms with Crippen molar-refractivity contribution in [3.63, 3.8) is 0 Å². The Morgan fingerprint density at radius 3 is 2.88 bits per heavy atom. The molecule has 1 aromatic carbocycles. The summed E-state index contributed by atoms with van der Waals surface area (Å²) in [6.45, 7) is 1.10. The van der Waals surface area contributed by atoms with Crippen molar-refractivity contribution >= 4 is 11.6 Å². The Morgan fingerprint density at radius 1 is 1.33 bits per heavy atom. The maximum absolute atomic E-state index is 13.1. The van der Waals surface area contributed by atoms with Gasteiger partial charge < -0.3 is 14.5 Å². The lowest BCUT2D eigenvalue weighted by Crippen LogP contribution is -2.25. The third-order valence-electron chi connectivity index (χ3n) is 3.54. The summed E-state index contributed by atoms with van der Waals surface area (Å²) in [4.78, 5) is 20.9. The molecule has 0 bridgehead atoms. The van der Waals surface area contributed by atoms with E-state index >= 15 is 0 Å². The molecule has 0 radical (unpaired) electrons. The fourth-order valence-corrected chi connectivity index (χ4v) is 2.35. The summed E-state index contributed by atoms with van der Waals surface area (Å²) < 4.78 is 19.8. The number of imidazole rings is 1. The second-order valence-corrected chi connectivity index (χ2v) is 5.24. The Kier molecular flexibility index (Phi) is 4.81. The summed E-state index contributed by atoms with van der Waals surface area (Å²) >= 11 is 0. The van der Waals surface area contributed by atoms with Crippen LogP contribution in [0.2, 0.25) is 0 Å². The van der Waals surface area contributed by atoms with Gasteiger partial charge in [0.05, 0.1) is 0 Å². The molecule has 0 saturated carbocycles. The predicted octanol–water partition coefficient (Wildman–Crippen LogP) is 2.30. The maximum Gasteiger partial charge on any atom is 0.271 e. The molecular formula is C17H17FN4O2. The smallest absolute Gasteiger partial charge is 0.271 e. The summed E-state index contributed by atoms with van der Waals surface area (Å²) in [5.41, 5.74) is 2.19. The average Bonchev–Trinajstić information content (AvgIpc) is 3.03. The fraction of sp³-hybridized carbons (Fsp3) is 0.235. The van der Waals surface area contributed by atoms with Crippen LogP contribution in [0.25, 0.3) is 16.9 Å². The van der Waals surface area contributed by atoms with Gasteiger partial charge in [-0.1, -0.05) is 0 Å². The molecule has 1 N–H and O–H groups in total. The van der Waals surface area contributed by atoms with Gasteiger partial charge in [-0.25, -0.2) is 9.37 Å². The Morgan fingerprint density at radius 2 is 2.12 bits per heavy atom. The van der Waals surface area contributed by atoms with Crippen LogP contribution in [0.1, 0.15) is 16.9 Å². The first kappa shape index (κ1) is 16.1. The minimum atomic E-state index is -0.315. The number of hydrogen-bond acceptors (Lipinski definition) is 4. The van der Waals surface area contributed by atoms with Crippen LogP contribution < -0.4 is 5.32 Å². The Balaban J connectivity index is 1.87. The minimum Gasteiger partial charge on any atom is -0.385 e. The molecule has 0 fully saturated rings. The first-order valence-electron chi connectivity index (χ1n) is 7.56. The number of hydrogen-bond donors (Lipinski definition) is 1. The van der Waals surface area contributed by atoms with Crippen LogP contribution in [0.5, 0.6) is 0 Å². The topological polar surface area (TPSA) is 68.5 Å². The average molecular weight is 328 g/mol. The van der Waals surface area contributed by atoms with Gasteiger partial charge in [0.1, 0.15) is 17.2 Å². The first-order valence-corrected chi connectivity index (χ1v) is 7.56. The third kappa shape index (κ3) is 3.41. The molecule has 0 unspecified atom stereocenters. The molecule has 0 atom stereocenters. The lowest BCUT2D eigenvalue weighted by atomic mass is 10.1. The normalized spacial score (nSPS) is 10.9. The number of aromatic nitrogens is 3. The van der Waals surface area contributed by atoms with Gasteiger partial charge in [0.15, 0.2) is 5.65 Å². The van der Waals surface area contributed by atoms with Crippen molar-refractivity contribution in [2.24, 2.45) is 0 Å². The highest BCUT2D eigenvalue weighted by molar-refractivity contribution is 5.93. The van der Waals surface area contributed by atoms with E-state index in [0.717, 1.165) is 12.0 Å². The van der Waals surface area contributed by atoms with Gasteiger partial charge in [-0.3, -0.25) is 9.78 Å². The number of halogens is 1. The summed E-state index contributed by atoms with van der Waals surface area (Å²) in [5, 5.41) is 2.80. The zero-order chi connectivity index (χ0) is 16.9. The zero-order valence-electron chi connectivity index (χ0n) is 13.2. The van der Waals surface area contributed by atoms with E-state index in [9.17, 15) is 9.18 Å². The Bertz CT molecular complexity index is 845. The van der Waals surface area contributed by atoms with Gasteiger partial charge in [-0.05, 0) is 30.7 Å². The van der Waals surface area contributed by atoms with Crippen LogP contribution in [0.4, 0.5) is 4.39 Å². The van der Waals surface area contributed by atoms with Gasteiger partial charge >= 0.3 is 0 Å². The van der Waals surface area contributed by atoms with Crippen LogP contribution in [-0.4, -0.2) is 40.5 Å². The monoisotopic (exact) mass is 328 g/mol. The van der Waals surface area contributed by atoms with Crippen LogP contribution in [-0.2, 0) is 4.74 Å². The standard InChI is InChI=1S/C17H17FN4O2/c1-24-10-2-7-20-17(23)14-11-22-9-8-19-15(16(22)21-14)12-3-5-13(18)6-4-12/h3-6,8-9,11H,2,7,10H2,1H3,(H,20,23). The largest absolute Gasteiger partial charge is 0.385 e. The highest BCUT2D eigenvalue weighted by Crippen LogP contribution is 2.22. The number of nitrogens with zero attached hydrogens (tertiary/aromatic N) is 3. The highest BCUT2D eigenvalue weighted by Gasteiger charge is 2.14. The fourth-order valence-electron chi connectivity index (χ4n) is 2.35. The minimum absolute atomic E-state index is 0.250. The molecule has 0 saturated heterocycles. The second-order valence-electron chi connectivity index (χ2n) is 5.24. The number of ether oxygens (including phenoxy) is 1. The molecule has 6 nitrogen and oxygen atoms in total. The van der Waals surface area contributed by atoms with Gasteiger partial charge in [-0.2, -0.15) is 0 Å². The number of methoxy groups -OCH3 is 1. The van der Waals surface area contributed by atoms with E-state index in [1.165, 1.54) is 12.1 Å². The number of rotatable bonds is 6. The lowest BCUT2D eigenvalue weighted by Gasteiger charge is -2.02. The van der Waals surface area contributed by atoms with Crippen molar-refractivity contribution in [2.45, 2.75) is 6.42 Å². The second kappa shape index (κ2) is 7.18. The number of amides is 1. The van der Waals surface area contributed by atoms with Gasteiger partial charge in [-0.15, -0.1) is 0 Å². The summed E-state index contributed by atoms with van der Waals surface area (Å²) in [7, 11) is 1.62. The first-order chi connectivity index (χ1) is 11.7. The molecule has 0 aliphatic rings. The van der Waals surface area contributed by atoms with E-state index in [1.807, 2.05) is 0 Å². The summed E-state index contributed by atoms with van der Waals surface area (Å²) in [6.07, 6.45) is 5.72. The number of benzene rings is 1. The van der Waals surface area contributed by atoms with Crippen molar-refractivity contribution < 1.29 is 13.9 Å². The van der Waals surface area contributed by atoms with E-state index in [-0.39, 0.29) is 11.7 Å². The van der Waals surface area contributed by atoms with Crippen molar-refractivity contribution in [3.05, 3.63) is 54.4 Å². The molecule has 124 valence electrons. The molecule has 0 spiro atoms. The molecule has 3 rings (SSSR count). The summed E-state index contributed by atoms with van der Waals surface area (Å²) in [6, 6.07) is 6.01. The van der Waals surface area contributed by atoms with Crippen LogP contribution >= 0.6 is 0 Å². The number of nitrogens with one attached hydrogen (secondary N) is 1. The van der Waals surface area contributed by atoms with Crippen molar-refractivity contribution in [2.75, 3.05) is 20.3 Å². The molecule has 24 heavy (non-hydrogen) atoms. The van der Waals surface area contributed by atoms with E-state index in [1.54, 1.807) is 42.2 Å². The molecule has 2 heterocycles. The van der Waals surface area contributed by atoms with Crippen molar-refractivity contribution in [1.29, 1.82) is 0 Å². The highest BCUT2D eigenvalue weighted by atomic mass is 19.1. The number of fused-ring (bicyclic) bond motifs is 1. The van der Waals surface area contributed by atoms with Gasteiger partial charge in [0.2, 0.25) is 0 Å². The quantitative estimate of drug-likeness (QED) is 0.705.